The molecule has 2 aliphatic heterocycles. The summed E-state index contributed by atoms with van der Waals surface area (Å²) in [7, 11) is 0. The number of halogens is 1. The number of ether oxygens (including phenoxy) is 2. The van der Waals surface area contributed by atoms with E-state index in [2.05, 4.69) is 32.2 Å². The lowest BCUT2D eigenvalue weighted by Gasteiger charge is -2.27. The van der Waals surface area contributed by atoms with Crippen LogP contribution in [0.5, 0.6) is 11.5 Å². The molecule has 1 N–H and O–H groups in total. The van der Waals surface area contributed by atoms with Gasteiger partial charge in [-0.15, -0.1) is 0 Å². The van der Waals surface area contributed by atoms with Gasteiger partial charge < -0.3 is 19.7 Å². The molecule has 0 aromatic heterocycles. The van der Waals surface area contributed by atoms with Crippen molar-refractivity contribution in [1.82, 2.24) is 10.2 Å². The van der Waals surface area contributed by atoms with Crippen molar-refractivity contribution < 1.29 is 9.47 Å². The van der Waals surface area contributed by atoms with E-state index in [0.717, 1.165) is 55.1 Å². The summed E-state index contributed by atoms with van der Waals surface area (Å²) in [6.45, 7) is 5.91. The van der Waals surface area contributed by atoms with Gasteiger partial charge in [0.05, 0.1) is 4.47 Å². The first kappa shape index (κ1) is 12.3. The van der Waals surface area contributed by atoms with Gasteiger partial charge in [0.25, 0.3) is 0 Å². The minimum absolute atomic E-state index is 0.329. The molecule has 4 nitrogen and oxygen atoms in total. The van der Waals surface area contributed by atoms with Crippen molar-refractivity contribution in [1.29, 1.82) is 0 Å². The predicted octanol–water partition coefficient (Wildman–Crippen LogP) is 1.63. The van der Waals surface area contributed by atoms with Gasteiger partial charge in [-0.2, -0.15) is 0 Å². The first-order valence-electron chi connectivity index (χ1n) is 6.34. The van der Waals surface area contributed by atoms with Gasteiger partial charge in [-0.05, 0) is 34.0 Å². The summed E-state index contributed by atoms with van der Waals surface area (Å²) in [4.78, 5) is 2.49. The Hall–Kier alpha value is -0.780. The molecule has 1 aromatic carbocycles. The van der Waals surface area contributed by atoms with Crippen LogP contribution in [0.1, 0.15) is 5.56 Å². The van der Waals surface area contributed by atoms with E-state index in [1.807, 2.05) is 6.07 Å². The average molecular weight is 313 g/mol. The first-order valence-corrected chi connectivity index (χ1v) is 7.14. The summed E-state index contributed by atoms with van der Waals surface area (Å²) in [5, 5.41) is 3.37. The van der Waals surface area contributed by atoms with E-state index in [-0.39, 0.29) is 0 Å². The molecule has 0 atom stereocenters. The van der Waals surface area contributed by atoms with Gasteiger partial charge in [-0.3, -0.25) is 0 Å². The van der Waals surface area contributed by atoms with Crippen molar-refractivity contribution in [2.24, 2.45) is 0 Å². The van der Waals surface area contributed by atoms with Gasteiger partial charge in [0, 0.05) is 32.7 Å². The number of rotatable bonds is 3. The van der Waals surface area contributed by atoms with Gasteiger partial charge in [-0.1, -0.05) is 6.07 Å². The first-order chi connectivity index (χ1) is 8.84. The number of fused-ring (bicyclic) bond motifs is 1. The van der Waals surface area contributed by atoms with Gasteiger partial charge in [0.2, 0.25) is 6.79 Å². The van der Waals surface area contributed by atoms with Crippen LogP contribution in [0.4, 0.5) is 0 Å². The predicted molar refractivity (Wildman–Crippen MR) is 73.3 cm³/mol. The third-order valence-electron chi connectivity index (χ3n) is 3.47. The highest BCUT2D eigenvalue weighted by Crippen LogP contribution is 2.41. The van der Waals surface area contributed by atoms with Crippen molar-refractivity contribution in [3.05, 3.63) is 22.2 Å². The molecule has 2 heterocycles. The van der Waals surface area contributed by atoms with Crippen molar-refractivity contribution in [2.45, 2.75) is 6.42 Å². The van der Waals surface area contributed by atoms with Crippen molar-refractivity contribution >= 4 is 15.9 Å². The van der Waals surface area contributed by atoms with Gasteiger partial charge in [0.15, 0.2) is 11.5 Å². The topological polar surface area (TPSA) is 33.7 Å². The second kappa shape index (κ2) is 5.47. The second-order valence-electron chi connectivity index (χ2n) is 4.61. The van der Waals surface area contributed by atoms with Crippen LogP contribution in [0.3, 0.4) is 0 Å². The molecule has 0 spiro atoms. The van der Waals surface area contributed by atoms with Gasteiger partial charge in [0.1, 0.15) is 0 Å². The highest BCUT2D eigenvalue weighted by molar-refractivity contribution is 9.10. The summed E-state index contributed by atoms with van der Waals surface area (Å²) in [5.74, 6) is 1.70. The highest BCUT2D eigenvalue weighted by atomic mass is 79.9. The van der Waals surface area contributed by atoms with E-state index >= 15 is 0 Å². The van der Waals surface area contributed by atoms with Crippen LogP contribution in [-0.4, -0.2) is 44.4 Å². The molecule has 0 amide bonds. The Morgan fingerprint density at radius 1 is 1.22 bits per heavy atom. The van der Waals surface area contributed by atoms with Crippen LogP contribution >= 0.6 is 15.9 Å². The molecule has 0 aliphatic carbocycles. The van der Waals surface area contributed by atoms with E-state index in [4.69, 9.17) is 9.47 Å². The lowest BCUT2D eigenvalue weighted by Crippen LogP contribution is -2.44. The van der Waals surface area contributed by atoms with E-state index in [0.29, 0.717) is 6.79 Å². The number of nitrogens with zero attached hydrogens (tertiary/aromatic N) is 1. The second-order valence-corrected chi connectivity index (χ2v) is 5.41. The van der Waals surface area contributed by atoms with Crippen LogP contribution in [0.2, 0.25) is 0 Å². The average Bonchev–Trinajstić information content (AvgIpc) is 2.88. The molecule has 0 radical (unpaired) electrons. The zero-order valence-electron chi connectivity index (χ0n) is 10.2. The van der Waals surface area contributed by atoms with Crippen molar-refractivity contribution in [3.63, 3.8) is 0 Å². The zero-order chi connectivity index (χ0) is 12.4. The van der Waals surface area contributed by atoms with E-state index < -0.39 is 0 Å². The fourth-order valence-electron chi connectivity index (χ4n) is 2.39. The molecule has 5 heteroatoms. The Bertz CT molecular complexity index is 433. The summed E-state index contributed by atoms with van der Waals surface area (Å²) < 4.78 is 11.9. The summed E-state index contributed by atoms with van der Waals surface area (Å²) >= 11 is 3.62. The molecule has 98 valence electrons. The SMILES string of the molecule is Brc1c(CCN2CCNCC2)ccc2c1OCO2. The van der Waals surface area contributed by atoms with Gasteiger partial charge in [-0.25, -0.2) is 0 Å². The monoisotopic (exact) mass is 312 g/mol. The molecular formula is C13H17BrN2O2. The smallest absolute Gasteiger partial charge is 0.231 e. The molecule has 0 saturated carbocycles. The molecular weight excluding hydrogens is 296 g/mol. The maximum Gasteiger partial charge on any atom is 0.231 e. The molecule has 1 aromatic rings. The lowest BCUT2D eigenvalue weighted by molar-refractivity contribution is 0.173. The number of hydrogen-bond donors (Lipinski definition) is 1. The maximum atomic E-state index is 5.47. The van der Waals surface area contributed by atoms with Gasteiger partial charge >= 0.3 is 0 Å². The number of hydrogen-bond acceptors (Lipinski definition) is 4. The Balaban J connectivity index is 1.65. The summed E-state index contributed by atoms with van der Waals surface area (Å²) in [6.07, 6.45) is 1.04. The van der Waals surface area contributed by atoms with Crippen LogP contribution in [0.25, 0.3) is 0 Å². The maximum absolute atomic E-state index is 5.47. The Kier molecular flexibility index (Phi) is 3.72. The Morgan fingerprint density at radius 2 is 2.06 bits per heavy atom. The molecule has 1 fully saturated rings. The summed E-state index contributed by atoms with van der Waals surface area (Å²) in [6, 6.07) is 4.12. The molecule has 0 unspecified atom stereocenters. The van der Waals surface area contributed by atoms with Crippen molar-refractivity contribution in [3.8, 4) is 11.5 Å². The number of benzene rings is 1. The van der Waals surface area contributed by atoms with Crippen molar-refractivity contribution in [2.75, 3.05) is 39.5 Å². The van der Waals surface area contributed by atoms with E-state index in [1.165, 1.54) is 5.56 Å². The minimum atomic E-state index is 0.329. The largest absolute Gasteiger partial charge is 0.454 e. The third kappa shape index (κ3) is 2.48. The lowest BCUT2D eigenvalue weighted by atomic mass is 10.1. The Morgan fingerprint density at radius 3 is 2.89 bits per heavy atom. The standard InChI is InChI=1S/C13H17BrN2O2/c14-12-10(1-2-11-13(12)18-9-17-11)3-6-16-7-4-15-5-8-16/h1-2,15H,3-9H2. The fourth-order valence-corrected chi connectivity index (χ4v) is 3.03. The van der Waals surface area contributed by atoms with Crippen LogP contribution in [0, 0.1) is 0 Å². The number of nitrogens with one attached hydrogen (secondary N) is 1. The molecule has 2 aliphatic rings. The summed E-state index contributed by atoms with van der Waals surface area (Å²) in [5.41, 5.74) is 1.29. The molecule has 3 rings (SSSR count). The quantitative estimate of drug-likeness (QED) is 0.920. The third-order valence-corrected chi connectivity index (χ3v) is 4.34. The van der Waals surface area contributed by atoms with Crippen LogP contribution < -0.4 is 14.8 Å². The molecule has 18 heavy (non-hydrogen) atoms. The van der Waals surface area contributed by atoms with E-state index in [9.17, 15) is 0 Å². The molecule has 0 bridgehead atoms. The highest BCUT2D eigenvalue weighted by Gasteiger charge is 2.19. The zero-order valence-corrected chi connectivity index (χ0v) is 11.8. The Labute approximate surface area is 115 Å². The van der Waals surface area contributed by atoms with Crippen LogP contribution in [-0.2, 0) is 6.42 Å². The minimum Gasteiger partial charge on any atom is -0.454 e. The molecule has 1 saturated heterocycles. The van der Waals surface area contributed by atoms with E-state index in [1.54, 1.807) is 0 Å². The number of piperazine rings is 1. The fraction of sp³-hybridized carbons (Fsp3) is 0.538. The normalized spacial score (nSPS) is 19.2. The van der Waals surface area contributed by atoms with Crippen LogP contribution in [0.15, 0.2) is 16.6 Å².